The van der Waals surface area contributed by atoms with Crippen LogP contribution in [0.4, 0.5) is 0 Å². The first-order valence-electron chi connectivity index (χ1n) is 8.10. The Hall–Kier alpha value is -2.66. The topological polar surface area (TPSA) is 49.6 Å². The van der Waals surface area contributed by atoms with Crippen LogP contribution in [-0.2, 0) is 11.2 Å². The van der Waals surface area contributed by atoms with Crippen molar-refractivity contribution in [2.75, 3.05) is 27.2 Å². The van der Waals surface area contributed by atoms with E-state index in [-0.39, 0.29) is 5.91 Å². The minimum atomic E-state index is 0.0908. The van der Waals surface area contributed by atoms with Gasteiger partial charge in [0.2, 0.25) is 5.91 Å². The van der Waals surface area contributed by atoms with Crippen LogP contribution in [0, 0.1) is 0 Å². The summed E-state index contributed by atoms with van der Waals surface area (Å²) >= 11 is 0. The second kappa shape index (κ2) is 7.27. The van der Waals surface area contributed by atoms with Gasteiger partial charge in [-0.2, -0.15) is 0 Å². The fourth-order valence-corrected chi connectivity index (χ4v) is 2.73. The zero-order valence-corrected chi connectivity index (χ0v) is 14.1. The molecule has 24 heavy (non-hydrogen) atoms. The number of aromatic nitrogens is 2. The van der Waals surface area contributed by atoms with Gasteiger partial charge >= 0.3 is 0 Å². The summed E-state index contributed by atoms with van der Waals surface area (Å²) in [4.78, 5) is 19.1. The van der Waals surface area contributed by atoms with Crippen molar-refractivity contribution in [1.29, 1.82) is 0 Å². The molecule has 0 aliphatic heterocycles. The molecule has 0 saturated carbocycles. The fourth-order valence-electron chi connectivity index (χ4n) is 2.73. The predicted octanol–water partition coefficient (Wildman–Crippen LogP) is 2.22. The van der Waals surface area contributed by atoms with Crippen LogP contribution in [-0.4, -0.2) is 47.4 Å². The highest BCUT2D eigenvalue weighted by Gasteiger charge is 2.18. The third-order valence-electron chi connectivity index (χ3n) is 4.12. The fraction of sp³-hybridized carbons (Fsp3) is 0.263. The minimum absolute atomic E-state index is 0.0908. The van der Waals surface area contributed by atoms with Gasteiger partial charge in [-0.25, -0.2) is 4.98 Å². The van der Waals surface area contributed by atoms with Crippen LogP contribution in [0.15, 0.2) is 54.7 Å². The van der Waals surface area contributed by atoms with E-state index in [2.05, 4.69) is 5.32 Å². The molecule has 3 rings (SSSR count). The zero-order chi connectivity index (χ0) is 16.9. The Morgan fingerprint density at radius 3 is 2.67 bits per heavy atom. The number of nitrogens with one attached hydrogen (secondary N) is 1. The summed E-state index contributed by atoms with van der Waals surface area (Å²) in [6, 6.07) is 15.9. The monoisotopic (exact) mass is 322 g/mol. The number of imidazole rings is 1. The highest BCUT2D eigenvalue weighted by Crippen LogP contribution is 2.25. The highest BCUT2D eigenvalue weighted by molar-refractivity contribution is 5.81. The van der Waals surface area contributed by atoms with Gasteiger partial charge < -0.3 is 14.6 Å². The van der Waals surface area contributed by atoms with E-state index in [0.717, 1.165) is 29.1 Å². The van der Waals surface area contributed by atoms with Crippen molar-refractivity contribution in [3.63, 3.8) is 0 Å². The van der Waals surface area contributed by atoms with Gasteiger partial charge in [0.25, 0.3) is 0 Å². The van der Waals surface area contributed by atoms with Crippen LogP contribution in [0.5, 0.6) is 0 Å². The molecule has 5 nitrogen and oxygen atoms in total. The van der Waals surface area contributed by atoms with Gasteiger partial charge in [0.1, 0.15) is 5.65 Å². The number of rotatable bonds is 6. The lowest BCUT2D eigenvalue weighted by Crippen LogP contribution is -2.34. The summed E-state index contributed by atoms with van der Waals surface area (Å²) in [7, 11) is 3.72. The number of likely N-dealkylation sites (N-methyl/N-ethyl adjacent to an activating group) is 2. The number of carbonyl (C=O) groups is 1. The Morgan fingerprint density at radius 1 is 1.17 bits per heavy atom. The lowest BCUT2D eigenvalue weighted by Gasteiger charge is -2.17. The van der Waals surface area contributed by atoms with Crippen molar-refractivity contribution in [2.45, 2.75) is 6.42 Å². The summed E-state index contributed by atoms with van der Waals surface area (Å²) in [6.07, 6.45) is 2.29. The Bertz CT molecular complexity index is 826. The van der Waals surface area contributed by atoms with E-state index in [1.807, 2.05) is 73.2 Å². The zero-order valence-electron chi connectivity index (χ0n) is 14.1. The number of pyridine rings is 1. The standard InChI is InChI=1S/C19H22N4O/c1-20-11-13-22(2)18(24)14-16-19(15-8-4-3-5-9-15)21-17-10-6-7-12-23(16)17/h3-10,12,20H,11,13-14H2,1-2H3. The maximum absolute atomic E-state index is 12.6. The van der Waals surface area contributed by atoms with E-state index in [4.69, 9.17) is 4.98 Å². The third kappa shape index (κ3) is 3.31. The third-order valence-corrected chi connectivity index (χ3v) is 4.12. The van der Waals surface area contributed by atoms with Gasteiger partial charge in [-0.3, -0.25) is 4.79 Å². The van der Waals surface area contributed by atoms with Crippen LogP contribution in [0.25, 0.3) is 16.9 Å². The molecule has 0 fully saturated rings. The first kappa shape index (κ1) is 16.2. The van der Waals surface area contributed by atoms with Crippen molar-refractivity contribution in [3.8, 4) is 11.3 Å². The van der Waals surface area contributed by atoms with E-state index in [9.17, 15) is 4.79 Å². The smallest absolute Gasteiger partial charge is 0.228 e. The van der Waals surface area contributed by atoms with Crippen molar-refractivity contribution in [1.82, 2.24) is 19.6 Å². The molecule has 124 valence electrons. The van der Waals surface area contributed by atoms with Crippen LogP contribution in [0.3, 0.4) is 0 Å². The van der Waals surface area contributed by atoms with Crippen LogP contribution < -0.4 is 5.32 Å². The second-order valence-corrected chi connectivity index (χ2v) is 5.80. The predicted molar refractivity (Wildman–Crippen MR) is 95.9 cm³/mol. The van der Waals surface area contributed by atoms with Gasteiger partial charge in [0.05, 0.1) is 17.8 Å². The number of hydrogen-bond acceptors (Lipinski definition) is 3. The molecule has 1 N–H and O–H groups in total. The lowest BCUT2D eigenvalue weighted by molar-refractivity contribution is -0.129. The first-order chi connectivity index (χ1) is 11.7. The molecule has 2 aromatic heterocycles. The molecule has 0 radical (unpaired) electrons. The van der Waals surface area contributed by atoms with Gasteiger partial charge in [0, 0.05) is 31.9 Å². The highest BCUT2D eigenvalue weighted by atomic mass is 16.2. The molecule has 1 amide bonds. The van der Waals surface area contributed by atoms with E-state index in [1.165, 1.54) is 0 Å². The average Bonchev–Trinajstić information content (AvgIpc) is 2.99. The Labute approximate surface area is 141 Å². The number of fused-ring (bicyclic) bond motifs is 1. The molecule has 0 spiro atoms. The molecule has 0 unspecified atom stereocenters. The number of benzene rings is 1. The minimum Gasteiger partial charge on any atom is -0.344 e. The molecule has 2 heterocycles. The molecule has 0 aliphatic rings. The maximum atomic E-state index is 12.6. The Morgan fingerprint density at radius 2 is 1.92 bits per heavy atom. The van der Waals surface area contributed by atoms with E-state index in [1.54, 1.807) is 4.90 Å². The van der Waals surface area contributed by atoms with Gasteiger partial charge in [0.15, 0.2) is 0 Å². The molecule has 0 aliphatic carbocycles. The van der Waals surface area contributed by atoms with E-state index >= 15 is 0 Å². The SMILES string of the molecule is CNCCN(C)C(=O)Cc1c(-c2ccccc2)nc2ccccn12. The number of amides is 1. The van der Waals surface area contributed by atoms with E-state index < -0.39 is 0 Å². The lowest BCUT2D eigenvalue weighted by atomic mass is 10.1. The van der Waals surface area contributed by atoms with Crippen molar-refractivity contribution in [2.24, 2.45) is 0 Å². The largest absolute Gasteiger partial charge is 0.344 e. The molecular formula is C19H22N4O. The quantitative estimate of drug-likeness (QED) is 0.757. The molecule has 1 aromatic carbocycles. The average molecular weight is 322 g/mol. The van der Waals surface area contributed by atoms with Crippen molar-refractivity contribution in [3.05, 3.63) is 60.4 Å². The Balaban J connectivity index is 1.98. The number of hydrogen-bond donors (Lipinski definition) is 1. The van der Waals surface area contributed by atoms with Crippen LogP contribution in [0.1, 0.15) is 5.69 Å². The number of nitrogens with zero attached hydrogens (tertiary/aromatic N) is 3. The second-order valence-electron chi connectivity index (χ2n) is 5.80. The van der Waals surface area contributed by atoms with Crippen LogP contribution >= 0.6 is 0 Å². The normalized spacial score (nSPS) is 10.9. The molecular weight excluding hydrogens is 300 g/mol. The van der Waals surface area contributed by atoms with Gasteiger partial charge in [-0.15, -0.1) is 0 Å². The molecule has 0 bridgehead atoms. The molecule has 3 aromatic rings. The summed E-state index contributed by atoms with van der Waals surface area (Å²) in [5, 5.41) is 3.07. The summed E-state index contributed by atoms with van der Waals surface area (Å²) in [5.41, 5.74) is 3.69. The maximum Gasteiger partial charge on any atom is 0.228 e. The van der Waals surface area contributed by atoms with Gasteiger partial charge in [-0.05, 0) is 19.2 Å². The van der Waals surface area contributed by atoms with E-state index in [0.29, 0.717) is 13.0 Å². The molecule has 0 saturated heterocycles. The Kier molecular flexibility index (Phi) is 4.91. The summed E-state index contributed by atoms with van der Waals surface area (Å²) < 4.78 is 2.01. The van der Waals surface area contributed by atoms with Crippen molar-refractivity contribution < 1.29 is 4.79 Å². The summed E-state index contributed by atoms with van der Waals surface area (Å²) in [5.74, 6) is 0.0908. The van der Waals surface area contributed by atoms with Crippen LogP contribution in [0.2, 0.25) is 0 Å². The number of carbonyl (C=O) groups excluding carboxylic acids is 1. The first-order valence-corrected chi connectivity index (χ1v) is 8.10. The summed E-state index contributed by atoms with van der Waals surface area (Å²) in [6.45, 7) is 1.47. The molecule has 0 atom stereocenters. The van der Waals surface area contributed by atoms with Crippen molar-refractivity contribution >= 4 is 11.6 Å². The molecule has 5 heteroatoms. The van der Waals surface area contributed by atoms with Gasteiger partial charge in [-0.1, -0.05) is 36.4 Å².